The summed E-state index contributed by atoms with van der Waals surface area (Å²) in [5.74, 6) is -2.53. The molecule has 0 amide bonds. The summed E-state index contributed by atoms with van der Waals surface area (Å²) in [5.41, 5.74) is 0. The van der Waals surface area contributed by atoms with Crippen LogP contribution in [0.4, 0.5) is 13.2 Å². The average Bonchev–Trinajstić information content (AvgIpc) is 2.80. The van der Waals surface area contributed by atoms with Crippen molar-refractivity contribution in [1.82, 2.24) is 10.1 Å². The quantitative estimate of drug-likeness (QED) is 0.857. The molecule has 2 rings (SSSR count). The molecule has 0 aliphatic heterocycles. The Kier molecular flexibility index (Phi) is 2.36. The third-order valence-electron chi connectivity index (χ3n) is 2.27. The zero-order chi connectivity index (χ0) is 11.9. The van der Waals surface area contributed by atoms with Gasteiger partial charge >= 0.3 is 12.1 Å². The van der Waals surface area contributed by atoms with Crippen molar-refractivity contribution in [2.75, 3.05) is 0 Å². The number of aliphatic carboxylic acids is 1. The van der Waals surface area contributed by atoms with Gasteiger partial charge in [0.05, 0.1) is 11.8 Å². The molecule has 1 heterocycles. The van der Waals surface area contributed by atoms with Crippen molar-refractivity contribution in [1.29, 1.82) is 0 Å². The topological polar surface area (TPSA) is 76.2 Å². The second-order valence-electron chi connectivity index (χ2n) is 3.63. The second kappa shape index (κ2) is 3.46. The number of carbonyl (C=O) groups is 1. The van der Waals surface area contributed by atoms with Crippen molar-refractivity contribution in [2.24, 2.45) is 5.92 Å². The van der Waals surface area contributed by atoms with E-state index in [-0.39, 0.29) is 5.89 Å². The van der Waals surface area contributed by atoms with Crippen LogP contribution in [0.25, 0.3) is 0 Å². The smallest absolute Gasteiger partial charge is 0.396 e. The summed E-state index contributed by atoms with van der Waals surface area (Å²) in [5, 5.41) is 11.8. The van der Waals surface area contributed by atoms with E-state index in [1.54, 1.807) is 0 Å². The monoisotopic (exact) mass is 236 g/mol. The minimum Gasteiger partial charge on any atom is -0.481 e. The molecular formula is C8H7F3N2O3. The maximum absolute atomic E-state index is 12.0. The van der Waals surface area contributed by atoms with Crippen LogP contribution in [0.1, 0.15) is 24.1 Å². The molecular weight excluding hydrogens is 229 g/mol. The molecule has 16 heavy (non-hydrogen) atoms. The standard InChI is InChI=1S/C8H7F3N2O3/c9-8(10,11)2-5-12-6(16-13-5)3-1-4(3)7(14)15/h3-4H,1-2H2,(H,14,15). The number of nitrogens with zero attached hydrogens (tertiary/aromatic N) is 2. The second-order valence-corrected chi connectivity index (χ2v) is 3.63. The number of carboxylic acid groups (broad SMARTS) is 1. The van der Waals surface area contributed by atoms with Crippen molar-refractivity contribution in [3.8, 4) is 0 Å². The van der Waals surface area contributed by atoms with E-state index in [1.807, 2.05) is 0 Å². The fraction of sp³-hybridized carbons (Fsp3) is 0.625. The summed E-state index contributed by atoms with van der Waals surface area (Å²) in [6.07, 6.45) is -5.32. The van der Waals surface area contributed by atoms with Gasteiger partial charge in [-0.3, -0.25) is 4.79 Å². The molecule has 0 radical (unpaired) electrons. The highest BCUT2D eigenvalue weighted by molar-refractivity contribution is 5.74. The largest absolute Gasteiger partial charge is 0.481 e. The summed E-state index contributed by atoms with van der Waals surface area (Å²) >= 11 is 0. The van der Waals surface area contributed by atoms with Gasteiger partial charge in [0, 0.05) is 0 Å². The van der Waals surface area contributed by atoms with Crippen LogP contribution >= 0.6 is 0 Å². The number of aromatic nitrogens is 2. The molecule has 1 aromatic rings. The number of carboxylic acids is 1. The third kappa shape index (κ3) is 2.31. The summed E-state index contributed by atoms with van der Waals surface area (Å²) in [6.45, 7) is 0. The van der Waals surface area contributed by atoms with Crippen LogP contribution in [0.5, 0.6) is 0 Å². The highest BCUT2D eigenvalue weighted by Crippen LogP contribution is 2.46. The van der Waals surface area contributed by atoms with Gasteiger partial charge in [-0.05, 0) is 6.42 Å². The highest BCUT2D eigenvalue weighted by atomic mass is 19.4. The van der Waals surface area contributed by atoms with Crippen LogP contribution in [0.2, 0.25) is 0 Å². The predicted molar refractivity (Wildman–Crippen MR) is 42.5 cm³/mol. The zero-order valence-electron chi connectivity index (χ0n) is 7.86. The molecule has 0 spiro atoms. The van der Waals surface area contributed by atoms with Gasteiger partial charge in [-0.2, -0.15) is 18.2 Å². The van der Waals surface area contributed by atoms with Gasteiger partial charge in [0.15, 0.2) is 5.82 Å². The van der Waals surface area contributed by atoms with E-state index in [1.165, 1.54) is 0 Å². The Morgan fingerprint density at radius 3 is 2.75 bits per heavy atom. The average molecular weight is 236 g/mol. The van der Waals surface area contributed by atoms with Gasteiger partial charge in [0.25, 0.3) is 0 Å². The third-order valence-corrected chi connectivity index (χ3v) is 2.27. The van der Waals surface area contributed by atoms with E-state index in [0.29, 0.717) is 6.42 Å². The number of hydrogen-bond donors (Lipinski definition) is 1. The van der Waals surface area contributed by atoms with Crippen molar-refractivity contribution in [3.05, 3.63) is 11.7 Å². The molecule has 8 heteroatoms. The summed E-state index contributed by atoms with van der Waals surface area (Å²) < 4.78 is 40.5. The van der Waals surface area contributed by atoms with E-state index >= 15 is 0 Å². The Labute approximate surface area is 87.3 Å². The van der Waals surface area contributed by atoms with Gasteiger partial charge in [0.1, 0.15) is 6.42 Å². The van der Waals surface area contributed by atoms with Gasteiger partial charge in [0.2, 0.25) is 5.89 Å². The fourth-order valence-electron chi connectivity index (χ4n) is 1.41. The van der Waals surface area contributed by atoms with Crippen LogP contribution in [0.15, 0.2) is 4.52 Å². The van der Waals surface area contributed by atoms with E-state index in [9.17, 15) is 18.0 Å². The number of rotatable bonds is 3. The molecule has 1 aliphatic rings. The van der Waals surface area contributed by atoms with Crippen LogP contribution < -0.4 is 0 Å². The molecule has 2 unspecified atom stereocenters. The maximum atomic E-state index is 12.0. The van der Waals surface area contributed by atoms with Crippen LogP contribution in [0, 0.1) is 5.92 Å². The Morgan fingerprint density at radius 2 is 2.25 bits per heavy atom. The highest BCUT2D eigenvalue weighted by Gasteiger charge is 2.48. The summed E-state index contributed by atoms with van der Waals surface area (Å²) in [6, 6.07) is 0. The number of alkyl halides is 3. The Hall–Kier alpha value is -1.60. The molecule has 0 aromatic carbocycles. The minimum atomic E-state index is -4.39. The van der Waals surface area contributed by atoms with E-state index in [0.717, 1.165) is 0 Å². The van der Waals surface area contributed by atoms with Gasteiger partial charge in [-0.15, -0.1) is 0 Å². The van der Waals surface area contributed by atoms with Crippen molar-refractivity contribution in [3.63, 3.8) is 0 Å². The van der Waals surface area contributed by atoms with Crippen LogP contribution in [-0.2, 0) is 11.2 Å². The molecule has 5 nitrogen and oxygen atoms in total. The molecule has 1 aliphatic carbocycles. The molecule has 1 fully saturated rings. The normalized spacial score (nSPS) is 24.4. The first-order chi connectivity index (χ1) is 7.37. The molecule has 0 saturated heterocycles. The van der Waals surface area contributed by atoms with Gasteiger partial charge in [-0.1, -0.05) is 5.16 Å². The first kappa shape index (κ1) is 10.9. The predicted octanol–water partition coefficient (Wildman–Crippen LogP) is 1.36. The lowest BCUT2D eigenvalue weighted by molar-refractivity contribution is -0.138. The van der Waals surface area contributed by atoms with Crippen LogP contribution in [0.3, 0.4) is 0 Å². The van der Waals surface area contributed by atoms with Crippen molar-refractivity contribution >= 4 is 5.97 Å². The van der Waals surface area contributed by atoms with Gasteiger partial charge in [-0.25, -0.2) is 0 Å². The SMILES string of the molecule is O=C(O)C1CC1c1nc(CC(F)(F)F)no1. The lowest BCUT2D eigenvalue weighted by Crippen LogP contribution is -2.12. The first-order valence-electron chi connectivity index (χ1n) is 4.49. The Balaban J connectivity index is 2.02. The Morgan fingerprint density at radius 1 is 1.56 bits per heavy atom. The number of hydrogen-bond acceptors (Lipinski definition) is 4. The molecule has 1 aromatic heterocycles. The molecule has 1 N–H and O–H groups in total. The fourth-order valence-corrected chi connectivity index (χ4v) is 1.41. The van der Waals surface area contributed by atoms with Crippen LogP contribution in [-0.4, -0.2) is 27.4 Å². The van der Waals surface area contributed by atoms with E-state index in [4.69, 9.17) is 5.11 Å². The van der Waals surface area contributed by atoms with E-state index in [2.05, 4.69) is 14.7 Å². The zero-order valence-corrected chi connectivity index (χ0v) is 7.86. The maximum Gasteiger partial charge on any atom is 0.396 e. The van der Waals surface area contributed by atoms with Crippen molar-refractivity contribution < 1.29 is 27.6 Å². The number of halogens is 3. The Bertz CT molecular complexity index is 415. The summed E-state index contributed by atoms with van der Waals surface area (Å²) in [4.78, 5) is 14.0. The molecule has 2 atom stereocenters. The van der Waals surface area contributed by atoms with Gasteiger partial charge < -0.3 is 9.63 Å². The molecule has 1 saturated carbocycles. The summed E-state index contributed by atoms with van der Waals surface area (Å²) in [7, 11) is 0. The van der Waals surface area contributed by atoms with E-state index < -0.39 is 36.2 Å². The lowest BCUT2D eigenvalue weighted by atomic mass is 10.3. The minimum absolute atomic E-state index is 0.0216. The molecule has 88 valence electrons. The first-order valence-corrected chi connectivity index (χ1v) is 4.49. The lowest BCUT2D eigenvalue weighted by Gasteiger charge is -1.99. The van der Waals surface area contributed by atoms with Crippen molar-refractivity contribution in [2.45, 2.75) is 24.9 Å². The molecule has 0 bridgehead atoms.